The van der Waals surface area contributed by atoms with Gasteiger partial charge in [-0.15, -0.1) is 0 Å². The molecular weight excluding hydrogens is 291 g/mol. The predicted octanol–water partition coefficient (Wildman–Crippen LogP) is 1.19. The van der Waals surface area contributed by atoms with E-state index in [2.05, 4.69) is 10.4 Å². The highest BCUT2D eigenvalue weighted by Crippen LogP contribution is 2.21. The smallest absolute Gasteiger partial charge is 0.408 e. The number of carbonyl (C=O) groups is 2. The maximum atomic E-state index is 12.4. The van der Waals surface area contributed by atoms with Crippen molar-refractivity contribution in [3.05, 3.63) is 17.0 Å². The Morgan fingerprint density at radius 1 is 1.38 bits per heavy atom. The first kappa shape index (κ1) is 17.0. The predicted molar refractivity (Wildman–Crippen MR) is 66.7 cm³/mol. The van der Waals surface area contributed by atoms with E-state index >= 15 is 0 Å². The maximum Gasteiger partial charge on any atom is 0.408 e. The minimum Gasteiger partial charge on any atom is -0.480 e. The molecule has 0 fully saturated rings. The first-order chi connectivity index (χ1) is 9.51. The number of nitrogens with one attached hydrogen (secondary N) is 1. The summed E-state index contributed by atoms with van der Waals surface area (Å²) < 4.78 is 37.9. The topological polar surface area (TPSA) is 84.2 Å². The summed E-state index contributed by atoms with van der Waals surface area (Å²) in [7, 11) is 0. The number of aromatic nitrogens is 2. The number of aryl methyl sites for hydroxylation is 1. The monoisotopic (exact) mass is 307 g/mol. The fourth-order valence-electron chi connectivity index (χ4n) is 1.83. The summed E-state index contributed by atoms with van der Waals surface area (Å²) in [5.74, 6) is -1.77. The van der Waals surface area contributed by atoms with Crippen LogP contribution in [-0.2, 0) is 22.6 Å². The van der Waals surface area contributed by atoms with Crippen molar-refractivity contribution in [2.45, 2.75) is 46.0 Å². The van der Waals surface area contributed by atoms with Gasteiger partial charge in [-0.1, -0.05) is 0 Å². The number of carbonyl (C=O) groups excluding carboxylic acids is 1. The molecule has 0 radical (unpaired) electrons. The molecule has 0 saturated carbocycles. The van der Waals surface area contributed by atoms with Crippen LogP contribution in [0.3, 0.4) is 0 Å². The fourth-order valence-corrected chi connectivity index (χ4v) is 1.83. The van der Waals surface area contributed by atoms with Crippen LogP contribution in [0.25, 0.3) is 0 Å². The zero-order valence-electron chi connectivity index (χ0n) is 11.8. The van der Waals surface area contributed by atoms with E-state index in [0.717, 1.165) is 4.68 Å². The lowest BCUT2D eigenvalue weighted by Gasteiger charge is -2.10. The van der Waals surface area contributed by atoms with Crippen molar-refractivity contribution in [2.75, 3.05) is 0 Å². The Hall–Kier alpha value is -2.06. The normalized spacial score (nSPS) is 13.0. The van der Waals surface area contributed by atoms with Crippen molar-refractivity contribution in [1.29, 1.82) is 0 Å². The van der Waals surface area contributed by atoms with Crippen LogP contribution in [0.2, 0.25) is 0 Å². The van der Waals surface area contributed by atoms with Gasteiger partial charge >= 0.3 is 12.1 Å². The van der Waals surface area contributed by atoms with Crippen LogP contribution in [0.15, 0.2) is 0 Å². The van der Waals surface area contributed by atoms with Gasteiger partial charge in [0.25, 0.3) is 0 Å². The van der Waals surface area contributed by atoms with Gasteiger partial charge in [0.2, 0.25) is 5.91 Å². The molecule has 9 heteroatoms. The van der Waals surface area contributed by atoms with Gasteiger partial charge in [0.05, 0.1) is 12.1 Å². The van der Waals surface area contributed by atoms with Gasteiger partial charge in [0.15, 0.2) is 0 Å². The number of rotatable bonds is 5. The Morgan fingerprint density at radius 3 is 2.43 bits per heavy atom. The zero-order valence-corrected chi connectivity index (χ0v) is 11.8. The molecule has 1 atom stereocenters. The summed E-state index contributed by atoms with van der Waals surface area (Å²) in [5.41, 5.74) is 0.923. The van der Waals surface area contributed by atoms with Crippen LogP contribution in [0.1, 0.15) is 23.9 Å². The Kier molecular flexibility index (Phi) is 4.97. The summed E-state index contributed by atoms with van der Waals surface area (Å²) in [4.78, 5) is 22.3. The van der Waals surface area contributed by atoms with E-state index in [4.69, 9.17) is 5.11 Å². The number of aliphatic carboxylic acids is 1. The summed E-state index contributed by atoms with van der Waals surface area (Å²) >= 11 is 0. The summed E-state index contributed by atoms with van der Waals surface area (Å²) in [6.45, 7) is 3.01. The van der Waals surface area contributed by atoms with Crippen molar-refractivity contribution in [1.82, 2.24) is 15.1 Å². The molecule has 0 aromatic carbocycles. The molecule has 6 nitrogen and oxygen atoms in total. The van der Waals surface area contributed by atoms with Crippen LogP contribution >= 0.6 is 0 Å². The third kappa shape index (κ3) is 4.76. The first-order valence-corrected chi connectivity index (χ1v) is 6.13. The van der Waals surface area contributed by atoms with E-state index in [-0.39, 0.29) is 12.1 Å². The van der Waals surface area contributed by atoms with E-state index in [1.54, 1.807) is 0 Å². The third-order valence-electron chi connectivity index (χ3n) is 2.95. The Labute approximate surface area is 118 Å². The summed E-state index contributed by atoms with van der Waals surface area (Å²) in [6.07, 6.45) is -4.62. The highest BCUT2D eigenvalue weighted by molar-refractivity contribution is 5.84. The molecule has 21 heavy (non-hydrogen) atoms. The van der Waals surface area contributed by atoms with E-state index in [9.17, 15) is 22.8 Å². The average molecular weight is 307 g/mol. The van der Waals surface area contributed by atoms with Crippen LogP contribution in [0, 0.1) is 13.8 Å². The number of alkyl halides is 3. The first-order valence-electron chi connectivity index (χ1n) is 6.13. The minimum atomic E-state index is -4.40. The molecule has 1 amide bonds. The Bertz CT molecular complexity index is 552. The second-order valence-corrected chi connectivity index (χ2v) is 4.73. The number of hydrogen-bond donors (Lipinski definition) is 2. The number of nitrogens with zero attached hydrogens (tertiary/aromatic N) is 2. The van der Waals surface area contributed by atoms with Crippen molar-refractivity contribution >= 4 is 11.9 Å². The van der Waals surface area contributed by atoms with Crippen LogP contribution in [0.4, 0.5) is 13.2 Å². The lowest BCUT2D eigenvalue weighted by Crippen LogP contribution is -2.39. The van der Waals surface area contributed by atoms with Gasteiger partial charge in [0, 0.05) is 11.3 Å². The Morgan fingerprint density at radius 2 is 1.95 bits per heavy atom. The molecule has 2 N–H and O–H groups in total. The molecule has 1 rings (SSSR count). The maximum absolute atomic E-state index is 12.4. The van der Waals surface area contributed by atoms with Crippen LogP contribution in [0.5, 0.6) is 0 Å². The van der Waals surface area contributed by atoms with Crippen molar-refractivity contribution in [3.8, 4) is 0 Å². The fraction of sp³-hybridized carbons (Fsp3) is 0.583. The Balaban J connectivity index is 2.85. The average Bonchev–Trinajstić information content (AvgIpc) is 2.54. The lowest BCUT2D eigenvalue weighted by molar-refractivity contribution is -0.143. The van der Waals surface area contributed by atoms with E-state index in [1.807, 2.05) is 0 Å². The molecular formula is C12H16F3N3O3. The number of hydrogen-bond acceptors (Lipinski definition) is 3. The largest absolute Gasteiger partial charge is 0.480 e. The number of carboxylic acid groups (broad SMARTS) is 1. The molecule has 0 aliphatic rings. The minimum absolute atomic E-state index is 0.215. The summed E-state index contributed by atoms with van der Waals surface area (Å²) in [5, 5.41) is 14.7. The number of amides is 1. The van der Waals surface area contributed by atoms with E-state index < -0.39 is 30.6 Å². The van der Waals surface area contributed by atoms with Gasteiger partial charge in [-0.2, -0.15) is 18.3 Å². The second kappa shape index (κ2) is 6.15. The van der Waals surface area contributed by atoms with Gasteiger partial charge in [-0.25, -0.2) is 0 Å². The van der Waals surface area contributed by atoms with Gasteiger partial charge in [-0.05, 0) is 20.8 Å². The number of halogens is 3. The second-order valence-electron chi connectivity index (χ2n) is 4.73. The molecule has 1 aromatic heterocycles. The standard InChI is InChI=1S/C12H16F3N3O3/c1-6-9(4-10(19)16-7(2)11(20)21)8(3)18(17-6)5-12(13,14)15/h7H,4-5H2,1-3H3,(H,16,19)(H,20,21)/t7-/m0/s1. The lowest BCUT2D eigenvalue weighted by atomic mass is 10.1. The number of carboxylic acids is 1. The SMILES string of the molecule is Cc1nn(CC(F)(F)F)c(C)c1CC(=O)N[C@@H](C)C(=O)O. The molecule has 1 heterocycles. The van der Waals surface area contributed by atoms with Crippen molar-refractivity contribution < 1.29 is 27.9 Å². The van der Waals surface area contributed by atoms with Crippen LogP contribution in [-0.4, -0.2) is 39.0 Å². The molecule has 0 aliphatic heterocycles. The van der Waals surface area contributed by atoms with Gasteiger partial charge in [0.1, 0.15) is 12.6 Å². The molecule has 0 saturated heterocycles. The molecule has 0 aliphatic carbocycles. The van der Waals surface area contributed by atoms with Crippen molar-refractivity contribution in [3.63, 3.8) is 0 Å². The van der Waals surface area contributed by atoms with Crippen LogP contribution < -0.4 is 5.32 Å². The molecule has 0 bridgehead atoms. The highest BCUT2D eigenvalue weighted by Gasteiger charge is 2.30. The molecule has 0 unspecified atom stereocenters. The molecule has 118 valence electrons. The quantitative estimate of drug-likeness (QED) is 0.856. The molecule has 1 aromatic rings. The van der Waals surface area contributed by atoms with E-state index in [1.165, 1.54) is 20.8 Å². The zero-order chi connectivity index (χ0) is 16.4. The molecule has 0 spiro atoms. The summed E-state index contributed by atoms with van der Waals surface area (Å²) in [6, 6.07) is -1.07. The highest BCUT2D eigenvalue weighted by atomic mass is 19.4. The third-order valence-corrected chi connectivity index (χ3v) is 2.95. The van der Waals surface area contributed by atoms with E-state index in [0.29, 0.717) is 11.3 Å². The van der Waals surface area contributed by atoms with Gasteiger partial charge in [-0.3, -0.25) is 14.3 Å². The van der Waals surface area contributed by atoms with Crippen molar-refractivity contribution in [2.24, 2.45) is 0 Å². The van der Waals surface area contributed by atoms with Gasteiger partial charge < -0.3 is 10.4 Å².